The zero-order valence-corrected chi connectivity index (χ0v) is 16.9. The number of allylic oxidation sites excluding steroid dienone is 1. The van der Waals surface area contributed by atoms with Crippen LogP contribution < -0.4 is 10.2 Å². The van der Waals surface area contributed by atoms with Crippen molar-refractivity contribution in [1.29, 1.82) is 0 Å². The van der Waals surface area contributed by atoms with Crippen LogP contribution in [0.15, 0.2) is 61.3 Å². The lowest BCUT2D eigenvalue weighted by Gasteiger charge is -2.33. The Morgan fingerprint density at radius 3 is 2.35 bits per heavy atom. The molecule has 1 aliphatic heterocycles. The second-order valence-corrected chi connectivity index (χ2v) is 6.86. The zero-order valence-electron chi connectivity index (χ0n) is 16.9. The molecule has 0 atom stereocenters. The van der Waals surface area contributed by atoms with E-state index in [-0.39, 0.29) is 0 Å². The van der Waals surface area contributed by atoms with E-state index in [4.69, 9.17) is 0 Å². The summed E-state index contributed by atoms with van der Waals surface area (Å²) in [6.07, 6.45) is 1.04. The highest BCUT2D eigenvalue weighted by molar-refractivity contribution is 5.82. The highest BCUT2D eigenvalue weighted by Crippen LogP contribution is 2.34. The summed E-state index contributed by atoms with van der Waals surface area (Å²) in [6.45, 7) is 19.9. The van der Waals surface area contributed by atoms with Crippen LogP contribution in [0, 0.1) is 12.8 Å². The molecule has 0 unspecified atom stereocenters. The zero-order chi connectivity index (χ0) is 19.3. The van der Waals surface area contributed by atoms with Crippen LogP contribution >= 0.6 is 0 Å². The highest BCUT2D eigenvalue weighted by Gasteiger charge is 2.21. The molecular formula is C24H32N2. The highest BCUT2D eigenvalue weighted by atomic mass is 15.1. The van der Waals surface area contributed by atoms with Gasteiger partial charge in [0, 0.05) is 34.9 Å². The molecule has 0 aliphatic carbocycles. The van der Waals surface area contributed by atoms with Gasteiger partial charge in [0.05, 0.1) is 0 Å². The fraction of sp³-hybridized carbons (Fsp3) is 0.333. The molecule has 26 heavy (non-hydrogen) atoms. The van der Waals surface area contributed by atoms with E-state index < -0.39 is 0 Å². The van der Waals surface area contributed by atoms with Gasteiger partial charge in [-0.05, 0) is 49.1 Å². The molecule has 1 aliphatic rings. The van der Waals surface area contributed by atoms with Crippen molar-refractivity contribution >= 4 is 17.1 Å². The van der Waals surface area contributed by atoms with E-state index in [1.807, 2.05) is 13.8 Å². The SMILES string of the molecule is C=C(Nc1ccc2c(c1)C(=C)N(c1ccc(C)cc1)CC2)C(C)C.CC. The maximum atomic E-state index is 4.37. The third-order valence-corrected chi connectivity index (χ3v) is 4.70. The molecule has 3 rings (SSSR count). The first-order valence-corrected chi connectivity index (χ1v) is 9.58. The van der Waals surface area contributed by atoms with Crippen LogP contribution in [0.3, 0.4) is 0 Å². The quantitative estimate of drug-likeness (QED) is 0.666. The summed E-state index contributed by atoms with van der Waals surface area (Å²) < 4.78 is 0. The van der Waals surface area contributed by atoms with Crippen molar-refractivity contribution in [1.82, 2.24) is 0 Å². The Hall–Kier alpha value is -2.48. The van der Waals surface area contributed by atoms with Crippen molar-refractivity contribution < 1.29 is 0 Å². The average molecular weight is 349 g/mol. The van der Waals surface area contributed by atoms with Gasteiger partial charge in [0.2, 0.25) is 0 Å². The minimum Gasteiger partial charge on any atom is -0.359 e. The Bertz CT molecular complexity index is 769. The van der Waals surface area contributed by atoms with Gasteiger partial charge in [0.15, 0.2) is 0 Å². The number of nitrogens with zero attached hydrogens (tertiary/aromatic N) is 1. The van der Waals surface area contributed by atoms with Crippen LogP contribution in [0.2, 0.25) is 0 Å². The molecule has 1 heterocycles. The standard InChI is InChI=1S/C22H26N2.C2H6/c1-15(2)17(4)23-20-9-8-19-12-13-24(18(5)22(19)14-20)21-10-6-16(3)7-11-21;1-2/h6-11,14-15,23H,4-5,12-13H2,1-3H3;1-2H3. The van der Waals surface area contributed by atoms with Crippen molar-refractivity contribution in [3.8, 4) is 0 Å². The Balaban J connectivity index is 0.00000117. The average Bonchev–Trinajstić information content (AvgIpc) is 2.65. The number of hydrogen-bond acceptors (Lipinski definition) is 2. The Morgan fingerprint density at radius 1 is 1.08 bits per heavy atom. The Morgan fingerprint density at radius 2 is 1.73 bits per heavy atom. The van der Waals surface area contributed by atoms with Gasteiger partial charge in [-0.1, -0.05) is 64.6 Å². The number of fused-ring (bicyclic) bond motifs is 1. The fourth-order valence-electron chi connectivity index (χ4n) is 2.99. The lowest BCUT2D eigenvalue weighted by atomic mass is 9.95. The van der Waals surface area contributed by atoms with Gasteiger partial charge in [0.1, 0.15) is 0 Å². The van der Waals surface area contributed by atoms with E-state index in [2.05, 4.69) is 86.6 Å². The number of aryl methyl sites for hydroxylation is 1. The fourth-order valence-corrected chi connectivity index (χ4v) is 2.99. The summed E-state index contributed by atoms with van der Waals surface area (Å²) in [5.74, 6) is 0.410. The van der Waals surface area contributed by atoms with E-state index in [1.54, 1.807) is 0 Å². The largest absolute Gasteiger partial charge is 0.359 e. The first-order chi connectivity index (χ1) is 12.5. The Labute approximate surface area is 159 Å². The molecule has 0 radical (unpaired) electrons. The molecule has 0 aromatic heterocycles. The summed E-state index contributed by atoms with van der Waals surface area (Å²) in [4.78, 5) is 2.31. The number of hydrogen-bond donors (Lipinski definition) is 1. The van der Waals surface area contributed by atoms with Gasteiger partial charge >= 0.3 is 0 Å². The number of benzene rings is 2. The molecule has 138 valence electrons. The minimum atomic E-state index is 0.410. The summed E-state index contributed by atoms with van der Waals surface area (Å²) in [5.41, 5.74) is 8.26. The van der Waals surface area contributed by atoms with Crippen LogP contribution in [0.5, 0.6) is 0 Å². The van der Waals surface area contributed by atoms with Crippen molar-refractivity contribution in [3.05, 3.63) is 78.0 Å². The van der Waals surface area contributed by atoms with Crippen molar-refractivity contribution in [3.63, 3.8) is 0 Å². The van der Waals surface area contributed by atoms with Gasteiger partial charge in [-0.15, -0.1) is 0 Å². The number of nitrogens with one attached hydrogen (secondary N) is 1. The molecule has 0 bridgehead atoms. The number of anilines is 2. The lowest BCUT2D eigenvalue weighted by Crippen LogP contribution is -2.28. The van der Waals surface area contributed by atoms with E-state index in [1.165, 1.54) is 22.4 Å². The van der Waals surface area contributed by atoms with E-state index in [9.17, 15) is 0 Å². The van der Waals surface area contributed by atoms with Gasteiger partial charge in [-0.2, -0.15) is 0 Å². The summed E-state index contributed by atoms with van der Waals surface area (Å²) in [5, 5.41) is 3.42. The lowest BCUT2D eigenvalue weighted by molar-refractivity contribution is 0.778. The van der Waals surface area contributed by atoms with Crippen molar-refractivity contribution in [2.75, 3.05) is 16.8 Å². The first kappa shape index (κ1) is 19.8. The molecular weight excluding hydrogens is 316 g/mol. The molecule has 2 nitrogen and oxygen atoms in total. The maximum absolute atomic E-state index is 4.37. The Kier molecular flexibility index (Phi) is 6.68. The monoisotopic (exact) mass is 348 g/mol. The second-order valence-electron chi connectivity index (χ2n) is 6.86. The predicted molar refractivity (Wildman–Crippen MR) is 117 cm³/mol. The third-order valence-electron chi connectivity index (χ3n) is 4.70. The van der Waals surface area contributed by atoms with Gasteiger partial charge in [0.25, 0.3) is 0 Å². The van der Waals surface area contributed by atoms with Gasteiger partial charge < -0.3 is 10.2 Å². The second kappa shape index (κ2) is 8.75. The normalized spacial score (nSPS) is 13.0. The van der Waals surface area contributed by atoms with Crippen LogP contribution in [0.25, 0.3) is 5.70 Å². The van der Waals surface area contributed by atoms with Crippen LogP contribution in [-0.2, 0) is 6.42 Å². The summed E-state index contributed by atoms with van der Waals surface area (Å²) >= 11 is 0. The van der Waals surface area contributed by atoms with E-state index in [0.29, 0.717) is 5.92 Å². The molecule has 2 heteroatoms. The van der Waals surface area contributed by atoms with Crippen LogP contribution in [-0.4, -0.2) is 6.54 Å². The molecule has 2 aromatic rings. The molecule has 0 spiro atoms. The van der Waals surface area contributed by atoms with Crippen LogP contribution in [0.4, 0.5) is 11.4 Å². The third kappa shape index (κ3) is 4.37. The van der Waals surface area contributed by atoms with Crippen molar-refractivity contribution in [2.45, 2.75) is 41.0 Å². The van der Waals surface area contributed by atoms with Gasteiger partial charge in [-0.3, -0.25) is 0 Å². The molecule has 0 amide bonds. The smallest absolute Gasteiger partial charge is 0.0415 e. The molecule has 0 fully saturated rings. The topological polar surface area (TPSA) is 15.3 Å². The summed E-state index contributed by atoms with van der Waals surface area (Å²) in [6, 6.07) is 15.2. The van der Waals surface area contributed by atoms with Crippen molar-refractivity contribution in [2.24, 2.45) is 5.92 Å². The first-order valence-electron chi connectivity index (χ1n) is 9.58. The molecule has 0 saturated carbocycles. The predicted octanol–water partition coefficient (Wildman–Crippen LogP) is 6.64. The maximum Gasteiger partial charge on any atom is 0.0415 e. The summed E-state index contributed by atoms with van der Waals surface area (Å²) in [7, 11) is 0. The molecule has 2 aromatic carbocycles. The minimum absolute atomic E-state index is 0.410. The number of rotatable bonds is 4. The van der Waals surface area contributed by atoms with E-state index >= 15 is 0 Å². The van der Waals surface area contributed by atoms with Gasteiger partial charge in [-0.25, -0.2) is 0 Å². The van der Waals surface area contributed by atoms with E-state index in [0.717, 1.165) is 30.0 Å². The molecule has 0 saturated heterocycles. The molecule has 1 N–H and O–H groups in total. The van der Waals surface area contributed by atoms with Crippen LogP contribution in [0.1, 0.15) is 44.4 Å².